The van der Waals surface area contributed by atoms with Crippen molar-refractivity contribution < 1.29 is 0 Å². The lowest BCUT2D eigenvalue weighted by Crippen LogP contribution is -2.16. The Morgan fingerprint density at radius 3 is 2.24 bits per heavy atom. The molecule has 0 aliphatic heterocycles. The highest BCUT2D eigenvalue weighted by atomic mass is 14.8. The molecule has 0 bridgehead atoms. The van der Waals surface area contributed by atoms with Gasteiger partial charge in [0.05, 0.1) is 0 Å². The quantitative estimate of drug-likeness (QED) is 0.770. The molecule has 2 rings (SSSR count). The molecular formula is C16H19N. The van der Waals surface area contributed by atoms with Crippen LogP contribution in [0.3, 0.4) is 0 Å². The van der Waals surface area contributed by atoms with Crippen molar-refractivity contribution in [3.8, 4) is 0 Å². The van der Waals surface area contributed by atoms with E-state index in [-0.39, 0.29) is 0 Å². The summed E-state index contributed by atoms with van der Waals surface area (Å²) in [5.74, 6) is 0. The topological polar surface area (TPSA) is 12.0 Å². The summed E-state index contributed by atoms with van der Waals surface area (Å²) in [7, 11) is 0. The molecule has 0 radical (unpaired) electrons. The second-order valence-corrected chi connectivity index (χ2v) is 4.40. The minimum atomic E-state index is 0.951. The molecule has 1 heteroatoms. The van der Waals surface area contributed by atoms with Crippen LogP contribution in [0.15, 0.2) is 54.6 Å². The summed E-state index contributed by atoms with van der Waals surface area (Å²) in [6.45, 7) is 4.10. The van der Waals surface area contributed by atoms with Gasteiger partial charge in [-0.2, -0.15) is 0 Å². The molecule has 1 N–H and O–H groups in total. The van der Waals surface area contributed by atoms with Crippen LogP contribution in [0.1, 0.15) is 16.7 Å². The third-order valence-electron chi connectivity index (χ3n) is 2.88. The normalized spacial score (nSPS) is 10.4. The summed E-state index contributed by atoms with van der Waals surface area (Å²) in [5.41, 5.74) is 4.07. The first-order chi connectivity index (χ1) is 8.34. The van der Waals surface area contributed by atoms with Gasteiger partial charge in [0.15, 0.2) is 0 Å². The van der Waals surface area contributed by atoms with E-state index in [2.05, 4.69) is 66.8 Å². The van der Waals surface area contributed by atoms with Crippen LogP contribution in [0.25, 0.3) is 0 Å². The summed E-state index contributed by atoms with van der Waals surface area (Å²) < 4.78 is 0. The van der Waals surface area contributed by atoms with Crippen LogP contribution >= 0.6 is 0 Å². The third-order valence-corrected chi connectivity index (χ3v) is 2.88. The molecule has 0 saturated heterocycles. The van der Waals surface area contributed by atoms with E-state index >= 15 is 0 Å². The minimum Gasteiger partial charge on any atom is -0.312 e. The molecule has 0 heterocycles. The van der Waals surface area contributed by atoms with Crippen LogP contribution in [-0.4, -0.2) is 6.54 Å². The lowest BCUT2D eigenvalue weighted by atomic mass is 10.1. The van der Waals surface area contributed by atoms with Crippen LogP contribution in [0.5, 0.6) is 0 Å². The number of rotatable bonds is 5. The van der Waals surface area contributed by atoms with E-state index in [0.717, 1.165) is 19.5 Å². The maximum atomic E-state index is 3.46. The molecule has 0 saturated carbocycles. The molecule has 0 spiro atoms. The number of benzene rings is 2. The van der Waals surface area contributed by atoms with E-state index < -0.39 is 0 Å². The zero-order chi connectivity index (χ0) is 11.9. The van der Waals surface area contributed by atoms with Crippen molar-refractivity contribution in [1.29, 1.82) is 0 Å². The van der Waals surface area contributed by atoms with Gasteiger partial charge in [0, 0.05) is 6.54 Å². The third kappa shape index (κ3) is 4.04. The Bertz CT molecular complexity index is 431. The van der Waals surface area contributed by atoms with Crippen LogP contribution in [0.4, 0.5) is 0 Å². The van der Waals surface area contributed by atoms with Gasteiger partial charge in [0.2, 0.25) is 0 Å². The molecule has 2 aromatic rings. The average Bonchev–Trinajstić information content (AvgIpc) is 2.38. The molecule has 0 atom stereocenters. The van der Waals surface area contributed by atoms with Crippen LogP contribution in [0.2, 0.25) is 0 Å². The van der Waals surface area contributed by atoms with E-state index in [4.69, 9.17) is 0 Å². The Morgan fingerprint density at radius 2 is 1.53 bits per heavy atom. The number of aryl methyl sites for hydroxylation is 1. The van der Waals surface area contributed by atoms with Crippen molar-refractivity contribution >= 4 is 0 Å². The Balaban J connectivity index is 1.71. The molecule has 17 heavy (non-hydrogen) atoms. The first kappa shape index (κ1) is 11.9. The molecular weight excluding hydrogens is 206 g/mol. The monoisotopic (exact) mass is 225 g/mol. The predicted octanol–water partition coefficient (Wildman–Crippen LogP) is 3.33. The molecule has 0 aliphatic rings. The van der Waals surface area contributed by atoms with Crippen molar-refractivity contribution in [1.82, 2.24) is 5.32 Å². The smallest absolute Gasteiger partial charge is 0.0205 e. The highest BCUT2D eigenvalue weighted by Crippen LogP contribution is 2.03. The Morgan fingerprint density at radius 1 is 0.824 bits per heavy atom. The first-order valence-corrected chi connectivity index (χ1v) is 6.15. The second kappa shape index (κ2) is 6.21. The summed E-state index contributed by atoms with van der Waals surface area (Å²) in [6.07, 6.45) is 1.09. The van der Waals surface area contributed by atoms with Gasteiger partial charge in [-0.25, -0.2) is 0 Å². The number of nitrogens with one attached hydrogen (secondary N) is 1. The lowest BCUT2D eigenvalue weighted by Gasteiger charge is -2.05. The molecule has 88 valence electrons. The van der Waals surface area contributed by atoms with Crippen molar-refractivity contribution in [2.75, 3.05) is 6.54 Å². The summed E-state index contributed by atoms with van der Waals surface area (Å²) in [5, 5.41) is 3.46. The van der Waals surface area contributed by atoms with Gasteiger partial charge in [0.25, 0.3) is 0 Å². The first-order valence-electron chi connectivity index (χ1n) is 6.15. The Kier molecular flexibility index (Phi) is 4.34. The maximum absolute atomic E-state index is 3.46. The zero-order valence-corrected chi connectivity index (χ0v) is 10.3. The molecule has 0 aliphatic carbocycles. The fraction of sp³-hybridized carbons (Fsp3) is 0.250. The standard InChI is InChI=1S/C16H19N/c1-14-7-9-15(10-8-14)11-12-17-13-16-5-3-2-4-6-16/h2-10,17H,11-13H2,1H3. The highest BCUT2D eigenvalue weighted by Gasteiger charge is 1.93. The van der Waals surface area contributed by atoms with Crippen molar-refractivity contribution in [3.63, 3.8) is 0 Å². The van der Waals surface area contributed by atoms with Crippen molar-refractivity contribution in [2.24, 2.45) is 0 Å². The van der Waals surface area contributed by atoms with E-state index in [1.807, 2.05) is 0 Å². The van der Waals surface area contributed by atoms with E-state index in [9.17, 15) is 0 Å². The fourth-order valence-corrected chi connectivity index (χ4v) is 1.82. The summed E-state index contributed by atoms with van der Waals surface area (Å²) in [4.78, 5) is 0. The molecule has 1 nitrogen and oxygen atoms in total. The fourth-order valence-electron chi connectivity index (χ4n) is 1.82. The van der Waals surface area contributed by atoms with Crippen LogP contribution < -0.4 is 5.32 Å². The maximum Gasteiger partial charge on any atom is 0.0205 e. The SMILES string of the molecule is Cc1ccc(CCNCc2ccccc2)cc1. The predicted molar refractivity (Wildman–Crippen MR) is 73.0 cm³/mol. The Hall–Kier alpha value is -1.60. The average molecular weight is 225 g/mol. The van der Waals surface area contributed by atoms with E-state index in [1.54, 1.807) is 0 Å². The van der Waals surface area contributed by atoms with E-state index in [1.165, 1.54) is 16.7 Å². The molecule has 0 amide bonds. The van der Waals surface area contributed by atoms with Gasteiger partial charge in [0.1, 0.15) is 0 Å². The van der Waals surface area contributed by atoms with Gasteiger partial charge in [-0.3, -0.25) is 0 Å². The van der Waals surface area contributed by atoms with Crippen molar-refractivity contribution in [3.05, 3.63) is 71.3 Å². The zero-order valence-electron chi connectivity index (χ0n) is 10.3. The molecule has 0 unspecified atom stereocenters. The second-order valence-electron chi connectivity index (χ2n) is 4.40. The van der Waals surface area contributed by atoms with Gasteiger partial charge in [-0.1, -0.05) is 60.2 Å². The summed E-state index contributed by atoms with van der Waals surface area (Å²) >= 11 is 0. The van der Waals surface area contributed by atoms with Gasteiger partial charge in [-0.05, 0) is 31.0 Å². The largest absolute Gasteiger partial charge is 0.312 e. The van der Waals surface area contributed by atoms with Gasteiger partial charge < -0.3 is 5.32 Å². The van der Waals surface area contributed by atoms with Crippen molar-refractivity contribution in [2.45, 2.75) is 19.9 Å². The lowest BCUT2D eigenvalue weighted by molar-refractivity contribution is 0.687. The summed E-state index contributed by atoms with van der Waals surface area (Å²) in [6, 6.07) is 19.3. The number of hydrogen-bond donors (Lipinski definition) is 1. The van der Waals surface area contributed by atoms with Crippen LogP contribution in [-0.2, 0) is 13.0 Å². The molecule has 0 fully saturated rings. The highest BCUT2D eigenvalue weighted by molar-refractivity contribution is 5.21. The Labute approximate surface area is 103 Å². The molecule has 2 aromatic carbocycles. The number of hydrogen-bond acceptors (Lipinski definition) is 1. The van der Waals surface area contributed by atoms with Crippen LogP contribution in [0, 0.1) is 6.92 Å². The molecule has 0 aromatic heterocycles. The van der Waals surface area contributed by atoms with Gasteiger partial charge in [-0.15, -0.1) is 0 Å². The minimum absolute atomic E-state index is 0.951. The van der Waals surface area contributed by atoms with E-state index in [0.29, 0.717) is 0 Å². The van der Waals surface area contributed by atoms with Gasteiger partial charge >= 0.3 is 0 Å².